The molecule has 1 unspecified atom stereocenters. The Hall–Kier alpha value is -0.720. The Morgan fingerprint density at radius 2 is 2.43 bits per heavy atom. The van der Waals surface area contributed by atoms with Gasteiger partial charge in [0.2, 0.25) is 0 Å². The van der Waals surface area contributed by atoms with E-state index in [-0.39, 0.29) is 0 Å². The van der Waals surface area contributed by atoms with Crippen molar-refractivity contribution >= 4 is 27.3 Å². The summed E-state index contributed by atoms with van der Waals surface area (Å²) in [7, 11) is 1.84. The lowest BCUT2D eigenvalue weighted by Crippen LogP contribution is -2.04. The third kappa shape index (κ3) is 1.73. The van der Waals surface area contributed by atoms with Gasteiger partial charge >= 0.3 is 0 Å². The first-order valence-electron chi connectivity index (χ1n) is 3.93. The van der Waals surface area contributed by atoms with E-state index in [1.165, 1.54) is 11.3 Å². The first-order chi connectivity index (χ1) is 6.68. The van der Waals surface area contributed by atoms with E-state index in [1.807, 2.05) is 12.4 Å². The fraction of sp³-hybridized carbons (Fsp3) is 0.250. The van der Waals surface area contributed by atoms with Crippen molar-refractivity contribution in [3.8, 4) is 0 Å². The normalized spacial score (nSPS) is 13.1. The lowest BCUT2D eigenvalue weighted by molar-refractivity contribution is 0.211. The van der Waals surface area contributed by atoms with Gasteiger partial charge in [-0.1, -0.05) is 0 Å². The second-order valence-corrected chi connectivity index (χ2v) is 4.54. The highest BCUT2D eigenvalue weighted by Crippen LogP contribution is 2.25. The van der Waals surface area contributed by atoms with Gasteiger partial charge in [0, 0.05) is 12.4 Å². The molecule has 4 nitrogen and oxygen atoms in total. The smallest absolute Gasteiger partial charge is 0.147 e. The van der Waals surface area contributed by atoms with Crippen LogP contribution in [0.2, 0.25) is 0 Å². The average Bonchev–Trinajstić information content (AvgIpc) is 2.73. The highest BCUT2D eigenvalue weighted by atomic mass is 79.9. The van der Waals surface area contributed by atoms with Gasteiger partial charge in [0.15, 0.2) is 0 Å². The highest BCUT2D eigenvalue weighted by molar-refractivity contribution is 9.10. The molecule has 0 saturated carbocycles. The van der Waals surface area contributed by atoms with E-state index >= 15 is 0 Å². The number of nitrogens with zero attached hydrogens (tertiary/aromatic N) is 3. The molecule has 0 fully saturated rings. The van der Waals surface area contributed by atoms with E-state index in [0.29, 0.717) is 5.01 Å². The fourth-order valence-corrected chi connectivity index (χ4v) is 2.41. The van der Waals surface area contributed by atoms with Crippen LogP contribution in [-0.4, -0.2) is 19.6 Å². The number of hydrogen-bond donors (Lipinski definition) is 1. The van der Waals surface area contributed by atoms with Crippen LogP contribution in [0.1, 0.15) is 16.8 Å². The Balaban J connectivity index is 2.33. The van der Waals surface area contributed by atoms with Crippen LogP contribution < -0.4 is 0 Å². The van der Waals surface area contributed by atoms with Crippen LogP contribution in [-0.2, 0) is 7.05 Å². The van der Waals surface area contributed by atoms with Crippen molar-refractivity contribution in [2.75, 3.05) is 0 Å². The number of rotatable bonds is 2. The summed E-state index contributed by atoms with van der Waals surface area (Å²) in [5, 5.41) is 12.5. The van der Waals surface area contributed by atoms with Crippen molar-refractivity contribution < 1.29 is 5.11 Å². The third-order valence-corrected chi connectivity index (χ3v) is 3.47. The van der Waals surface area contributed by atoms with Gasteiger partial charge in [-0.2, -0.15) is 0 Å². The number of aromatic nitrogens is 3. The number of imidazole rings is 1. The monoisotopic (exact) mass is 273 g/mol. The van der Waals surface area contributed by atoms with Crippen LogP contribution >= 0.6 is 27.3 Å². The summed E-state index contributed by atoms with van der Waals surface area (Å²) < 4.78 is 2.53. The zero-order valence-corrected chi connectivity index (χ0v) is 9.79. The molecule has 0 spiro atoms. The first-order valence-corrected chi connectivity index (χ1v) is 5.61. The third-order valence-electron chi connectivity index (χ3n) is 1.86. The summed E-state index contributed by atoms with van der Waals surface area (Å²) in [4.78, 5) is 8.09. The molecule has 0 amide bonds. The molecule has 0 aliphatic rings. The van der Waals surface area contributed by atoms with Crippen LogP contribution in [0.25, 0.3) is 0 Å². The second kappa shape index (κ2) is 3.80. The maximum Gasteiger partial charge on any atom is 0.147 e. The van der Waals surface area contributed by atoms with E-state index < -0.39 is 6.10 Å². The maximum absolute atomic E-state index is 9.94. The molecule has 14 heavy (non-hydrogen) atoms. The molecule has 6 heteroatoms. The summed E-state index contributed by atoms with van der Waals surface area (Å²) in [6, 6.07) is 0. The predicted molar refractivity (Wildman–Crippen MR) is 57.1 cm³/mol. The van der Waals surface area contributed by atoms with Crippen molar-refractivity contribution in [1.29, 1.82) is 0 Å². The van der Waals surface area contributed by atoms with Crippen molar-refractivity contribution in [3.63, 3.8) is 0 Å². The summed E-state index contributed by atoms with van der Waals surface area (Å²) in [5.41, 5.74) is 0.742. The van der Waals surface area contributed by atoms with Crippen LogP contribution in [0, 0.1) is 0 Å². The number of aliphatic hydroxyl groups is 1. The Kier molecular flexibility index (Phi) is 2.66. The average molecular weight is 274 g/mol. The summed E-state index contributed by atoms with van der Waals surface area (Å²) >= 11 is 4.66. The Bertz CT molecular complexity index is 439. The molecule has 74 valence electrons. The molecule has 2 aromatic heterocycles. The molecule has 0 radical (unpaired) electrons. The van der Waals surface area contributed by atoms with Gasteiger partial charge in [0.1, 0.15) is 15.7 Å². The molecule has 1 atom stereocenters. The van der Waals surface area contributed by atoms with E-state index in [2.05, 4.69) is 25.9 Å². The minimum atomic E-state index is -0.696. The van der Waals surface area contributed by atoms with Gasteiger partial charge < -0.3 is 9.67 Å². The summed E-state index contributed by atoms with van der Waals surface area (Å²) in [6.45, 7) is 0. The Labute approximate surface area is 93.4 Å². The molecule has 0 aromatic carbocycles. The SMILES string of the molecule is Cn1cncc1C(O)c1nc(Br)cs1. The number of thiazole rings is 1. The lowest BCUT2D eigenvalue weighted by atomic mass is 10.3. The van der Waals surface area contributed by atoms with Crippen molar-refractivity contribution in [1.82, 2.24) is 14.5 Å². The number of halogens is 1. The van der Waals surface area contributed by atoms with Gasteiger partial charge in [-0.3, -0.25) is 0 Å². The molecular weight excluding hydrogens is 266 g/mol. The zero-order chi connectivity index (χ0) is 10.1. The molecule has 2 rings (SSSR count). The Morgan fingerprint density at radius 1 is 1.64 bits per heavy atom. The van der Waals surface area contributed by atoms with Crippen molar-refractivity contribution in [3.05, 3.63) is 33.2 Å². The Morgan fingerprint density at radius 3 is 2.93 bits per heavy atom. The molecule has 0 aliphatic carbocycles. The van der Waals surface area contributed by atoms with E-state index in [1.54, 1.807) is 17.1 Å². The highest BCUT2D eigenvalue weighted by Gasteiger charge is 2.16. The van der Waals surface area contributed by atoms with E-state index in [4.69, 9.17) is 0 Å². The number of hydrogen-bond acceptors (Lipinski definition) is 4. The standard InChI is InChI=1S/C8H8BrN3OS/c1-12-4-10-2-5(12)7(13)8-11-6(9)3-14-8/h2-4,7,13H,1H3. The van der Waals surface area contributed by atoms with E-state index in [0.717, 1.165) is 10.3 Å². The van der Waals surface area contributed by atoms with Gasteiger partial charge in [0.25, 0.3) is 0 Å². The van der Waals surface area contributed by atoms with Gasteiger partial charge in [-0.05, 0) is 15.9 Å². The van der Waals surface area contributed by atoms with Gasteiger partial charge in [-0.25, -0.2) is 9.97 Å². The summed E-state index contributed by atoms with van der Waals surface area (Å²) in [5.74, 6) is 0. The van der Waals surface area contributed by atoms with Crippen molar-refractivity contribution in [2.45, 2.75) is 6.10 Å². The number of aliphatic hydroxyl groups excluding tert-OH is 1. The van der Waals surface area contributed by atoms with Crippen LogP contribution in [0.15, 0.2) is 22.5 Å². The minimum Gasteiger partial charge on any atom is -0.380 e. The quantitative estimate of drug-likeness (QED) is 0.907. The van der Waals surface area contributed by atoms with Gasteiger partial charge in [-0.15, -0.1) is 11.3 Å². The van der Waals surface area contributed by atoms with Crippen molar-refractivity contribution in [2.24, 2.45) is 7.05 Å². The number of aryl methyl sites for hydroxylation is 1. The topological polar surface area (TPSA) is 50.9 Å². The largest absolute Gasteiger partial charge is 0.380 e. The zero-order valence-electron chi connectivity index (χ0n) is 7.38. The van der Waals surface area contributed by atoms with Crippen LogP contribution in [0.4, 0.5) is 0 Å². The summed E-state index contributed by atoms with van der Waals surface area (Å²) in [6.07, 6.45) is 2.60. The molecular formula is C8H8BrN3OS. The molecule has 0 saturated heterocycles. The fourth-order valence-electron chi connectivity index (χ4n) is 1.15. The maximum atomic E-state index is 9.94. The lowest BCUT2D eigenvalue weighted by Gasteiger charge is -2.07. The molecule has 0 bridgehead atoms. The van der Waals surface area contributed by atoms with Crippen LogP contribution in [0.3, 0.4) is 0 Å². The molecule has 2 heterocycles. The van der Waals surface area contributed by atoms with E-state index in [9.17, 15) is 5.11 Å². The second-order valence-electron chi connectivity index (χ2n) is 2.84. The molecule has 1 N–H and O–H groups in total. The minimum absolute atomic E-state index is 0.667. The predicted octanol–water partition coefficient (Wildman–Crippen LogP) is 1.72. The molecule has 0 aliphatic heterocycles. The molecule has 2 aromatic rings. The van der Waals surface area contributed by atoms with Crippen LogP contribution in [0.5, 0.6) is 0 Å². The van der Waals surface area contributed by atoms with Gasteiger partial charge in [0.05, 0.1) is 18.2 Å². The first kappa shape index (κ1) is 9.82.